The molecular weight excluding hydrogens is 334 g/mol. The highest BCUT2D eigenvalue weighted by molar-refractivity contribution is 7.18. The van der Waals surface area contributed by atoms with E-state index >= 15 is 0 Å². The molecule has 3 rings (SSSR count). The van der Waals surface area contributed by atoms with Gasteiger partial charge in [-0.05, 0) is 31.0 Å². The lowest BCUT2D eigenvalue weighted by Crippen LogP contribution is -2.23. The number of rotatable bonds is 4. The molecule has 1 saturated heterocycles. The second-order valence-corrected chi connectivity index (χ2v) is 6.65. The fourth-order valence-corrected chi connectivity index (χ4v) is 3.76. The first kappa shape index (κ1) is 16.0. The van der Waals surface area contributed by atoms with Crippen molar-refractivity contribution in [1.29, 1.82) is 0 Å². The number of carbonyl (C=O) groups is 2. The van der Waals surface area contributed by atoms with Gasteiger partial charge in [-0.15, -0.1) is 0 Å². The van der Waals surface area contributed by atoms with Gasteiger partial charge in [-0.1, -0.05) is 35.9 Å². The zero-order valence-corrected chi connectivity index (χ0v) is 14.2. The molecule has 0 spiro atoms. The number of nitrogens with one attached hydrogen (secondary N) is 1. The predicted octanol–water partition coefficient (Wildman–Crippen LogP) is 3.74. The molecule has 1 aliphatic heterocycles. The molecule has 1 aliphatic rings. The van der Waals surface area contributed by atoms with Crippen LogP contribution < -0.4 is 10.2 Å². The van der Waals surface area contributed by atoms with E-state index in [9.17, 15) is 9.59 Å². The fourth-order valence-electron chi connectivity index (χ4n) is 2.48. The molecule has 0 unspecified atom stereocenters. The van der Waals surface area contributed by atoms with Crippen molar-refractivity contribution in [1.82, 2.24) is 4.98 Å². The first-order valence-corrected chi connectivity index (χ1v) is 8.65. The monoisotopic (exact) mass is 349 g/mol. The summed E-state index contributed by atoms with van der Waals surface area (Å²) in [5, 5.41) is 4.01. The van der Waals surface area contributed by atoms with Gasteiger partial charge in [-0.2, -0.15) is 0 Å². The largest absolute Gasteiger partial charge is 0.321 e. The molecule has 0 radical (unpaired) electrons. The molecule has 2 aromatic rings. The Bertz CT molecular complexity index is 760. The minimum Gasteiger partial charge on any atom is -0.321 e. The molecule has 2 heterocycles. The minimum absolute atomic E-state index is 0.0724. The van der Waals surface area contributed by atoms with Crippen LogP contribution in [-0.4, -0.2) is 23.3 Å². The minimum atomic E-state index is -0.223. The number of hydrogen-bond acceptors (Lipinski definition) is 4. The predicted molar refractivity (Wildman–Crippen MR) is 92.5 cm³/mol. The second-order valence-electron chi connectivity index (χ2n) is 5.24. The molecule has 5 nitrogen and oxygen atoms in total. The number of nitrogens with zero attached hydrogens (tertiary/aromatic N) is 2. The van der Waals surface area contributed by atoms with E-state index in [4.69, 9.17) is 11.6 Å². The van der Waals surface area contributed by atoms with Crippen LogP contribution >= 0.6 is 22.9 Å². The summed E-state index contributed by atoms with van der Waals surface area (Å²) >= 11 is 7.20. The summed E-state index contributed by atoms with van der Waals surface area (Å²) in [6.45, 7) is 2.62. The van der Waals surface area contributed by atoms with Gasteiger partial charge in [-0.25, -0.2) is 4.98 Å². The Balaban J connectivity index is 1.85. The molecule has 0 saturated carbocycles. The number of aromatic nitrogens is 1. The number of hydrogen-bond donors (Lipinski definition) is 1. The lowest BCUT2D eigenvalue weighted by molar-refractivity contribution is -0.117. The van der Waals surface area contributed by atoms with E-state index < -0.39 is 0 Å². The van der Waals surface area contributed by atoms with Crippen LogP contribution in [0.1, 0.15) is 35.1 Å². The SMILES string of the molecule is CCc1nc(N2CCCC2=O)sc1C(=O)Nc1cccc(Cl)c1. The van der Waals surface area contributed by atoms with Crippen molar-refractivity contribution >= 4 is 45.6 Å². The number of aryl methyl sites for hydroxylation is 1. The average molecular weight is 350 g/mol. The first-order chi connectivity index (χ1) is 11.1. The van der Waals surface area contributed by atoms with Crippen LogP contribution in [0.25, 0.3) is 0 Å². The number of carbonyl (C=O) groups excluding carboxylic acids is 2. The van der Waals surface area contributed by atoms with Crippen LogP contribution in [0.5, 0.6) is 0 Å². The Morgan fingerprint density at radius 2 is 2.30 bits per heavy atom. The Labute approximate surface area is 143 Å². The zero-order valence-electron chi connectivity index (χ0n) is 12.6. The molecule has 0 bridgehead atoms. The van der Waals surface area contributed by atoms with E-state index in [0.717, 1.165) is 6.42 Å². The summed E-state index contributed by atoms with van der Waals surface area (Å²) in [7, 11) is 0. The Morgan fingerprint density at radius 3 is 2.96 bits per heavy atom. The van der Waals surface area contributed by atoms with Crippen LogP contribution in [0.4, 0.5) is 10.8 Å². The third-order valence-electron chi connectivity index (χ3n) is 3.61. The normalized spacial score (nSPS) is 14.3. The van der Waals surface area contributed by atoms with E-state index in [1.807, 2.05) is 6.92 Å². The lowest BCUT2D eigenvalue weighted by Gasteiger charge is -2.10. The standard InChI is InChI=1S/C16H16ClN3O2S/c1-2-12-14(15(22)18-11-6-3-5-10(17)9-11)23-16(19-12)20-8-4-7-13(20)21/h3,5-6,9H,2,4,7-8H2,1H3,(H,18,22). The van der Waals surface area contributed by atoms with Gasteiger partial charge in [0, 0.05) is 23.7 Å². The van der Waals surface area contributed by atoms with Gasteiger partial charge >= 0.3 is 0 Å². The Hall–Kier alpha value is -1.92. The highest BCUT2D eigenvalue weighted by atomic mass is 35.5. The maximum atomic E-state index is 12.5. The lowest BCUT2D eigenvalue weighted by atomic mass is 10.2. The van der Waals surface area contributed by atoms with Crippen LogP contribution in [0, 0.1) is 0 Å². The van der Waals surface area contributed by atoms with Gasteiger partial charge in [0.15, 0.2) is 5.13 Å². The molecule has 0 aliphatic carbocycles. The number of amides is 2. The summed E-state index contributed by atoms with van der Waals surface area (Å²) in [4.78, 5) is 31.1. The van der Waals surface area contributed by atoms with Gasteiger partial charge in [0.05, 0.1) is 5.69 Å². The molecule has 23 heavy (non-hydrogen) atoms. The van der Waals surface area contributed by atoms with Crippen molar-refractivity contribution in [2.45, 2.75) is 26.2 Å². The molecule has 2 amide bonds. The summed E-state index contributed by atoms with van der Waals surface area (Å²) in [5.74, 6) is -0.150. The highest BCUT2D eigenvalue weighted by Crippen LogP contribution is 2.30. The van der Waals surface area contributed by atoms with Crippen molar-refractivity contribution in [2.75, 3.05) is 16.8 Å². The average Bonchev–Trinajstić information content (AvgIpc) is 3.12. The van der Waals surface area contributed by atoms with Gasteiger partial charge < -0.3 is 5.32 Å². The molecule has 1 aromatic carbocycles. The molecule has 120 valence electrons. The number of halogens is 1. The maximum Gasteiger partial charge on any atom is 0.267 e. The second kappa shape index (κ2) is 6.68. The zero-order chi connectivity index (χ0) is 16.4. The van der Waals surface area contributed by atoms with E-state index in [2.05, 4.69) is 10.3 Å². The summed E-state index contributed by atoms with van der Waals surface area (Å²) < 4.78 is 0. The van der Waals surface area contributed by atoms with Crippen LogP contribution in [-0.2, 0) is 11.2 Å². The van der Waals surface area contributed by atoms with Crippen molar-refractivity contribution in [3.63, 3.8) is 0 Å². The number of anilines is 2. The number of thiazole rings is 1. The van der Waals surface area contributed by atoms with Crippen molar-refractivity contribution in [3.8, 4) is 0 Å². The van der Waals surface area contributed by atoms with E-state index in [1.54, 1.807) is 29.2 Å². The van der Waals surface area contributed by atoms with Crippen molar-refractivity contribution < 1.29 is 9.59 Å². The molecule has 1 N–H and O–H groups in total. The van der Waals surface area contributed by atoms with Gasteiger partial charge in [-0.3, -0.25) is 14.5 Å². The topological polar surface area (TPSA) is 62.3 Å². The van der Waals surface area contributed by atoms with E-state index in [1.165, 1.54) is 11.3 Å². The molecule has 7 heteroatoms. The quantitative estimate of drug-likeness (QED) is 0.914. The summed E-state index contributed by atoms with van der Waals surface area (Å²) in [6.07, 6.45) is 2.02. The molecule has 0 atom stereocenters. The fraction of sp³-hybridized carbons (Fsp3) is 0.312. The van der Waals surface area contributed by atoms with Crippen molar-refractivity contribution in [2.24, 2.45) is 0 Å². The molecular formula is C16H16ClN3O2S. The van der Waals surface area contributed by atoms with E-state index in [0.29, 0.717) is 45.8 Å². The summed E-state index contributed by atoms with van der Waals surface area (Å²) in [5.41, 5.74) is 1.35. The molecule has 1 fully saturated rings. The van der Waals surface area contributed by atoms with Crippen molar-refractivity contribution in [3.05, 3.63) is 39.9 Å². The van der Waals surface area contributed by atoms with Gasteiger partial charge in [0.25, 0.3) is 5.91 Å². The van der Waals surface area contributed by atoms with Crippen LogP contribution in [0.2, 0.25) is 5.02 Å². The first-order valence-electron chi connectivity index (χ1n) is 7.45. The van der Waals surface area contributed by atoms with Crippen LogP contribution in [0.3, 0.4) is 0 Å². The maximum absolute atomic E-state index is 12.5. The summed E-state index contributed by atoms with van der Waals surface area (Å²) in [6, 6.07) is 7.00. The molecule has 1 aromatic heterocycles. The Kier molecular flexibility index (Phi) is 4.63. The highest BCUT2D eigenvalue weighted by Gasteiger charge is 2.27. The van der Waals surface area contributed by atoms with Crippen LogP contribution in [0.15, 0.2) is 24.3 Å². The van der Waals surface area contributed by atoms with E-state index in [-0.39, 0.29) is 11.8 Å². The Morgan fingerprint density at radius 1 is 1.48 bits per heavy atom. The van der Waals surface area contributed by atoms with Gasteiger partial charge in [0.1, 0.15) is 4.88 Å². The third-order valence-corrected chi connectivity index (χ3v) is 4.97. The number of benzene rings is 1. The van der Waals surface area contributed by atoms with Gasteiger partial charge in [0.2, 0.25) is 5.91 Å². The smallest absolute Gasteiger partial charge is 0.267 e. The third kappa shape index (κ3) is 3.38.